The van der Waals surface area contributed by atoms with Gasteiger partial charge in [-0.3, -0.25) is 0 Å². The van der Waals surface area contributed by atoms with Gasteiger partial charge in [-0.1, -0.05) is 87.5 Å². The van der Waals surface area contributed by atoms with Crippen LogP contribution in [0, 0.1) is 6.07 Å². The molecule has 3 aromatic carbocycles. The van der Waals surface area contributed by atoms with Crippen molar-refractivity contribution in [3.05, 3.63) is 101 Å². The van der Waals surface area contributed by atoms with Crippen molar-refractivity contribution in [1.82, 2.24) is 0 Å². The van der Waals surface area contributed by atoms with Gasteiger partial charge in [0, 0.05) is 9.52 Å². The number of fused-ring (bicyclic) bond motifs is 3. The van der Waals surface area contributed by atoms with Crippen LogP contribution < -0.4 is 0 Å². The van der Waals surface area contributed by atoms with E-state index in [9.17, 15) is 4.79 Å². The molecular weight excluding hydrogens is 489 g/mol. The van der Waals surface area contributed by atoms with Gasteiger partial charge in [0.05, 0.1) is 5.91 Å². The molecule has 0 aliphatic heterocycles. The topological polar surface area (TPSA) is 40.9 Å². The maximum Gasteiger partial charge on any atom is -0.0253 e. The van der Waals surface area contributed by atoms with Crippen molar-refractivity contribution in [3.63, 3.8) is 0 Å². The Morgan fingerprint density at radius 1 is 1.00 bits per heavy atom. The molecular formula is C26H29Cl2NOSiTi-2. The third kappa shape index (κ3) is 9.25. The van der Waals surface area contributed by atoms with Crippen LogP contribution in [0.4, 0.5) is 0 Å². The number of benzene rings is 3. The average Bonchev–Trinajstić information content (AvgIpc) is 3.14. The second-order valence-electron chi connectivity index (χ2n) is 8.13. The summed E-state index contributed by atoms with van der Waals surface area (Å²) in [5, 5.41) is 0. The van der Waals surface area contributed by atoms with Crippen LogP contribution in [0.3, 0.4) is 0 Å². The summed E-state index contributed by atoms with van der Waals surface area (Å²) in [5.41, 5.74) is 14.1. The molecule has 1 N–H and O–H groups in total. The number of rotatable bonds is 1. The molecule has 4 rings (SSSR count). The van der Waals surface area contributed by atoms with Crippen LogP contribution in [-0.4, -0.2) is 15.4 Å². The minimum atomic E-state index is -0.619. The van der Waals surface area contributed by atoms with Gasteiger partial charge in [-0.05, 0) is 29.0 Å². The minimum absolute atomic E-state index is 0.0332. The van der Waals surface area contributed by atoms with Gasteiger partial charge in [-0.25, -0.2) is 0 Å². The third-order valence-corrected chi connectivity index (χ3v) is 4.61. The van der Waals surface area contributed by atoms with Crippen molar-refractivity contribution in [2.24, 2.45) is 0 Å². The zero-order chi connectivity index (χ0) is 24.1. The van der Waals surface area contributed by atoms with Gasteiger partial charge in [-0.2, -0.15) is 29.8 Å². The predicted octanol–water partition coefficient (Wildman–Crippen LogP) is 8.40. The number of halogens is 2. The second kappa shape index (κ2) is 14.7. The van der Waals surface area contributed by atoms with E-state index in [1.807, 2.05) is 18.2 Å². The van der Waals surface area contributed by atoms with E-state index in [4.69, 9.17) is 24.3 Å². The van der Waals surface area contributed by atoms with E-state index in [-0.39, 0.29) is 5.41 Å². The van der Waals surface area contributed by atoms with Crippen LogP contribution in [0.5, 0.6) is 0 Å². The van der Waals surface area contributed by atoms with E-state index in [2.05, 4.69) is 76.3 Å². The Morgan fingerprint density at radius 2 is 1.59 bits per heavy atom. The maximum atomic E-state index is 10.8. The Hall–Kier alpha value is -1.36. The van der Waals surface area contributed by atoms with Crippen molar-refractivity contribution in [3.8, 4) is 11.1 Å². The zero-order valence-electron chi connectivity index (χ0n) is 19.2. The van der Waals surface area contributed by atoms with E-state index in [1.54, 1.807) is 12.1 Å². The average molecular weight is 518 g/mol. The zero-order valence-corrected chi connectivity index (χ0v) is 23.3. The van der Waals surface area contributed by atoms with Crippen molar-refractivity contribution < 1.29 is 21.8 Å². The van der Waals surface area contributed by atoms with E-state index >= 15 is 0 Å². The largest absolute Gasteiger partial charge is 0.179 e. The summed E-state index contributed by atoms with van der Waals surface area (Å²) in [6.07, 6.45) is 1.05. The first-order valence-corrected chi connectivity index (χ1v) is 16.5. The van der Waals surface area contributed by atoms with E-state index < -0.39 is 22.9 Å². The van der Waals surface area contributed by atoms with Crippen LogP contribution >= 0.6 is 18.6 Å². The van der Waals surface area contributed by atoms with Gasteiger partial charge in [0.2, 0.25) is 0 Å². The van der Waals surface area contributed by atoms with Gasteiger partial charge in [0.1, 0.15) is 0 Å². The van der Waals surface area contributed by atoms with Crippen molar-refractivity contribution in [2.75, 3.05) is 0 Å². The number of carbonyl (C=O) groups excluding carboxylic acids is 1. The summed E-state index contributed by atoms with van der Waals surface area (Å²) in [5.74, 6) is -0.619. The number of carbonyl (C=O) groups is 1. The molecule has 32 heavy (non-hydrogen) atoms. The standard InChI is InChI=1S/C13H9.C11H15NO.C2H6Si.2ClH.Ti/c1-3-7-12-10(5-1)9-11-6-2-4-8-13(11)12;1-11(2,3)9-6-4-5-8(7-9)10(12)13;1-3-2;;;/h1-5,7-8H,9H2;4-7H,1-3H3,(H2,12,13);1-2H3;2*1H;/q-1;;;;;+2/p-3. The SMILES string of the molecule is CC(C)(C)c1cccc(C([NH-])=O)c1.C[Si]C.[Cl][Ti][Cl].[c-]1cccc2c1Cc1ccccc1-2. The smallest absolute Gasteiger partial charge is 0.0253 e. The van der Waals surface area contributed by atoms with Crippen LogP contribution in [-0.2, 0) is 28.9 Å². The summed E-state index contributed by atoms with van der Waals surface area (Å²) in [4.78, 5) is 10.8. The fourth-order valence-corrected chi connectivity index (χ4v) is 3.12. The van der Waals surface area contributed by atoms with Gasteiger partial charge in [0.15, 0.2) is 0 Å². The summed E-state index contributed by atoms with van der Waals surface area (Å²) in [7, 11) is 10.9. The van der Waals surface area contributed by atoms with E-state index in [0.717, 1.165) is 21.5 Å². The Bertz CT molecular complexity index is 944. The summed E-state index contributed by atoms with van der Waals surface area (Å²) in [6, 6.07) is 25.4. The van der Waals surface area contributed by atoms with E-state index in [0.29, 0.717) is 5.56 Å². The summed E-state index contributed by atoms with van der Waals surface area (Å²) < 4.78 is 0. The van der Waals surface area contributed by atoms with Gasteiger partial charge < -0.3 is 10.5 Å². The summed E-state index contributed by atoms with van der Waals surface area (Å²) in [6.45, 7) is 10.6. The maximum absolute atomic E-state index is 10.8. The first-order chi connectivity index (χ1) is 15.2. The quantitative estimate of drug-likeness (QED) is 0.184. The van der Waals surface area contributed by atoms with Gasteiger partial charge in [-0.15, -0.1) is 5.56 Å². The Morgan fingerprint density at radius 3 is 2.19 bits per heavy atom. The molecule has 1 amide bonds. The molecule has 168 valence electrons. The molecule has 3 aromatic rings. The molecule has 6 heteroatoms. The molecule has 0 heterocycles. The monoisotopic (exact) mass is 517 g/mol. The fourth-order valence-electron chi connectivity index (χ4n) is 3.12. The number of nitrogens with one attached hydrogen (secondary N) is 1. The van der Waals surface area contributed by atoms with Crippen LogP contribution in [0.15, 0.2) is 66.7 Å². The number of hydrogen-bond acceptors (Lipinski definition) is 1. The molecule has 0 unspecified atom stereocenters. The number of hydrogen-bond donors (Lipinski definition) is 0. The summed E-state index contributed by atoms with van der Waals surface area (Å²) >= 11 is -0.556. The molecule has 0 saturated heterocycles. The van der Waals surface area contributed by atoms with Crippen LogP contribution in [0.1, 0.15) is 47.8 Å². The van der Waals surface area contributed by atoms with Crippen LogP contribution in [0.2, 0.25) is 13.1 Å². The predicted molar refractivity (Wildman–Crippen MR) is 137 cm³/mol. The molecule has 0 aromatic heterocycles. The molecule has 0 fully saturated rings. The Kier molecular flexibility index (Phi) is 13.2. The van der Waals surface area contributed by atoms with Gasteiger partial charge >= 0.3 is 35.6 Å². The second-order valence-corrected chi connectivity index (χ2v) is 11.7. The molecule has 0 spiro atoms. The van der Waals surface area contributed by atoms with Gasteiger partial charge in [0.25, 0.3) is 0 Å². The van der Waals surface area contributed by atoms with Crippen molar-refractivity contribution in [1.29, 1.82) is 0 Å². The molecule has 0 bridgehead atoms. The Balaban J connectivity index is 0.000000258. The van der Waals surface area contributed by atoms with Crippen molar-refractivity contribution >= 4 is 34.0 Å². The minimum Gasteiger partial charge on any atom is -0.179 e. The fraction of sp³-hybridized carbons (Fsp3) is 0.269. The normalized spacial score (nSPS) is 10.6. The Labute approximate surface area is 212 Å². The van der Waals surface area contributed by atoms with Crippen molar-refractivity contribution in [2.45, 2.75) is 45.7 Å². The molecule has 0 saturated carbocycles. The van der Waals surface area contributed by atoms with E-state index in [1.165, 1.54) is 22.3 Å². The third-order valence-electron chi connectivity index (χ3n) is 4.61. The number of amides is 1. The molecule has 1 aliphatic rings. The molecule has 2 nitrogen and oxygen atoms in total. The first-order valence-electron chi connectivity index (χ1n) is 10.2. The van der Waals surface area contributed by atoms with Crippen LogP contribution in [0.25, 0.3) is 16.9 Å². The molecule has 1 aliphatic carbocycles. The molecule has 0 atom stereocenters. The first kappa shape index (κ1) is 28.7. The molecule has 2 radical (unpaired) electrons.